The Morgan fingerprint density at radius 3 is 2.33 bits per heavy atom. The topological polar surface area (TPSA) is 47.0 Å². The minimum absolute atomic E-state index is 0.00537. The normalized spacial score (nSPS) is 12.9. The lowest BCUT2D eigenvalue weighted by molar-refractivity contribution is -0.0436. The summed E-state index contributed by atoms with van der Waals surface area (Å²) in [5.74, 6) is 0. The van der Waals surface area contributed by atoms with Gasteiger partial charge in [-0.3, -0.25) is 0 Å². The molecule has 0 amide bonds. The lowest BCUT2D eigenvalue weighted by Gasteiger charge is -2.11. The maximum Gasteiger partial charge on any atom is 0.502 e. The van der Waals surface area contributed by atoms with Crippen molar-refractivity contribution >= 4 is 25.8 Å². The van der Waals surface area contributed by atoms with E-state index in [0.29, 0.717) is 0 Å². The molecule has 0 bridgehead atoms. The molecule has 0 aliphatic rings. The van der Waals surface area contributed by atoms with Crippen molar-refractivity contribution in [3.8, 4) is 0 Å². The number of sulfone groups is 1. The minimum Gasteiger partial charge on any atom is -0.248 e. The molecule has 0 fully saturated rings. The standard InChI is InChI=1S/C7H5BrF3NO2S/c1-4-2-3-12-6(8)5(4)15(13,14)7(9,10)11/h2-3H,1H3. The van der Waals surface area contributed by atoms with Crippen molar-refractivity contribution in [2.24, 2.45) is 0 Å². The Kier molecular flexibility index (Phi) is 3.11. The van der Waals surface area contributed by atoms with Crippen LogP contribution in [-0.2, 0) is 9.84 Å². The van der Waals surface area contributed by atoms with Crippen molar-refractivity contribution in [2.75, 3.05) is 0 Å². The number of alkyl halides is 3. The molecule has 15 heavy (non-hydrogen) atoms. The molecule has 1 aromatic rings. The summed E-state index contributed by atoms with van der Waals surface area (Å²) >= 11 is 2.69. The zero-order valence-electron chi connectivity index (χ0n) is 7.34. The molecule has 84 valence electrons. The van der Waals surface area contributed by atoms with E-state index in [1.54, 1.807) is 0 Å². The van der Waals surface area contributed by atoms with Gasteiger partial charge in [-0.25, -0.2) is 13.4 Å². The second kappa shape index (κ2) is 3.75. The maximum atomic E-state index is 12.2. The van der Waals surface area contributed by atoms with Gasteiger partial charge < -0.3 is 0 Å². The van der Waals surface area contributed by atoms with Crippen LogP contribution < -0.4 is 0 Å². The first-order valence-corrected chi connectivity index (χ1v) is 5.88. The van der Waals surface area contributed by atoms with E-state index in [-0.39, 0.29) is 10.2 Å². The Morgan fingerprint density at radius 1 is 1.40 bits per heavy atom. The van der Waals surface area contributed by atoms with E-state index in [1.165, 1.54) is 19.2 Å². The Morgan fingerprint density at radius 2 is 1.93 bits per heavy atom. The number of rotatable bonds is 1. The van der Waals surface area contributed by atoms with E-state index >= 15 is 0 Å². The van der Waals surface area contributed by atoms with Crippen molar-refractivity contribution in [1.82, 2.24) is 4.98 Å². The van der Waals surface area contributed by atoms with Gasteiger partial charge in [-0.1, -0.05) is 0 Å². The lowest BCUT2D eigenvalue weighted by atomic mass is 10.3. The summed E-state index contributed by atoms with van der Waals surface area (Å²) in [6.45, 7) is 1.27. The van der Waals surface area contributed by atoms with Crippen molar-refractivity contribution in [1.29, 1.82) is 0 Å². The van der Waals surface area contributed by atoms with Gasteiger partial charge in [0.1, 0.15) is 9.50 Å². The SMILES string of the molecule is Cc1ccnc(Br)c1S(=O)(=O)C(F)(F)F. The maximum absolute atomic E-state index is 12.2. The van der Waals surface area contributed by atoms with Gasteiger partial charge in [0, 0.05) is 6.20 Å². The average molecular weight is 304 g/mol. The third kappa shape index (κ3) is 2.15. The fourth-order valence-electron chi connectivity index (χ4n) is 0.950. The lowest BCUT2D eigenvalue weighted by Crippen LogP contribution is -2.24. The van der Waals surface area contributed by atoms with Gasteiger partial charge in [-0.05, 0) is 34.5 Å². The smallest absolute Gasteiger partial charge is 0.248 e. The summed E-state index contributed by atoms with van der Waals surface area (Å²) in [5, 5.41) is 0. The Labute approximate surface area is 92.4 Å². The first kappa shape index (κ1) is 12.4. The molecule has 0 atom stereocenters. The van der Waals surface area contributed by atoms with Crippen LogP contribution in [0, 0.1) is 6.92 Å². The molecule has 0 aliphatic heterocycles. The molecule has 0 saturated heterocycles. The van der Waals surface area contributed by atoms with Crippen LogP contribution in [0.4, 0.5) is 13.2 Å². The molecular formula is C7H5BrF3NO2S. The molecular weight excluding hydrogens is 299 g/mol. The van der Waals surface area contributed by atoms with Gasteiger partial charge in [0.25, 0.3) is 9.84 Å². The van der Waals surface area contributed by atoms with Gasteiger partial charge in [-0.15, -0.1) is 0 Å². The fourth-order valence-corrected chi connectivity index (χ4v) is 3.02. The monoisotopic (exact) mass is 303 g/mol. The summed E-state index contributed by atoms with van der Waals surface area (Å²) in [5.41, 5.74) is -5.32. The van der Waals surface area contributed by atoms with Crippen molar-refractivity contribution in [3.05, 3.63) is 22.4 Å². The first-order valence-electron chi connectivity index (χ1n) is 3.60. The average Bonchev–Trinajstić information content (AvgIpc) is 2.00. The van der Waals surface area contributed by atoms with E-state index < -0.39 is 20.2 Å². The third-order valence-electron chi connectivity index (χ3n) is 1.63. The molecule has 1 rings (SSSR count). The predicted octanol–water partition coefficient (Wildman–Crippen LogP) is 2.45. The molecule has 0 unspecified atom stereocenters. The second-order valence-electron chi connectivity index (χ2n) is 2.70. The Hall–Kier alpha value is -0.630. The highest BCUT2D eigenvalue weighted by Crippen LogP contribution is 2.35. The van der Waals surface area contributed by atoms with Crippen molar-refractivity contribution < 1.29 is 21.6 Å². The van der Waals surface area contributed by atoms with E-state index in [1.807, 2.05) is 0 Å². The van der Waals surface area contributed by atoms with E-state index in [0.717, 1.165) is 0 Å². The van der Waals surface area contributed by atoms with Crippen LogP contribution in [0.15, 0.2) is 21.8 Å². The van der Waals surface area contributed by atoms with Crippen LogP contribution in [0.2, 0.25) is 0 Å². The minimum atomic E-state index is -5.35. The first-order chi connectivity index (χ1) is 6.68. The van der Waals surface area contributed by atoms with E-state index in [2.05, 4.69) is 20.9 Å². The summed E-state index contributed by atoms with van der Waals surface area (Å²) in [6, 6.07) is 1.20. The van der Waals surface area contributed by atoms with Gasteiger partial charge in [0.05, 0.1) is 0 Å². The number of hydrogen-bond acceptors (Lipinski definition) is 3. The van der Waals surface area contributed by atoms with Crippen LogP contribution >= 0.6 is 15.9 Å². The van der Waals surface area contributed by atoms with Crippen LogP contribution in [0.25, 0.3) is 0 Å². The van der Waals surface area contributed by atoms with Gasteiger partial charge >= 0.3 is 5.51 Å². The van der Waals surface area contributed by atoms with E-state index in [9.17, 15) is 21.6 Å². The summed E-state index contributed by atoms with van der Waals surface area (Å²) < 4.78 is 58.6. The summed E-state index contributed by atoms with van der Waals surface area (Å²) in [6.07, 6.45) is 1.22. The Balaban J connectivity index is 3.55. The number of halogens is 4. The molecule has 3 nitrogen and oxygen atoms in total. The molecule has 0 aromatic carbocycles. The molecule has 0 spiro atoms. The molecule has 1 heterocycles. The molecule has 0 saturated carbocycles. The highest BCUT2D eigenvalue weighted by molar-refractivity contribution is 9.10. The summed E-state index contributed by atoms with van der Waals surface area (Å²) in [7, 11) is -5.35. The number of hydrogen-bond donors (Lipinski definition) is 0. The van der Waals surface area contributed by atoms with Gasteiger partial charge in [-0.2, -0.15) is 13.2 Å². The highest BCUT2D eigenvalue weighted by atomic mass is 79.9. The molecule has 8 heteroatoms. The van der Waals surface area contributed by atoms with Crippen LogP contribution in [-0.4, -0.2) is 18.9 Å². The van der Waals surface area contributed by atoms with E-state index in [4.69, 9.17) is 0 Å². The Bertz CT molecular complexity index is 463. The molecule has 1 aromatic heterocycles. The number of pyridine rings is 1. The van der Waals surface area contributed by atoms with Crippen molar-refractivity contribution in [2.45, 2.75) is 17.3 Å². The van der Waals surface area contributed by atoms with Crippen LogP contribution in [0.1, 0.15) is 5.56 Å². The quantitative estimate of drug-likeness (QED) is 0.749. The zero-order chi connectivity index (χ0) is 11.9. The molecule has 0 aliphatic carbocycles. The number of aromatic nitrogens is 1. The summed E-state index contributed by atoms with van der Waals surface area (Å²) in [4.78, 5) is 2.62. The number of aryl methyl sites for hydroxylation is 1. The highest BCUT2D eigenvalue weighted by Gasteiger charge is 2.48. The fraction of sp³-hybridized carbons (Fsp3) is 0.286. The van der Waals surface area contributed by atoms with Crippen LogP contribution in [0.5, 0.6) is 0 Å². The largest absolute Gasteiger partial charge is 0.502 e. The van der Waals surface area contributed by atoms with Gasteiger partial charge in [0.15, 0.2) is 0 Å². The third-order valence-corrected chi connectivity index (χ3v) is 4.16. The molecule has 0 N–H and O–H groups in total. The number of nitrogens with zero attached hydrogens (tertiary/aromatic N) is 1. The van der Waals surface area contributed by atoms with Gasteiger partial charge in [0.2, 0.25) is 0 Å². The zero-order valence-corrected chi connectivity index (χ0v) is 9.74. The predicted molar refractivity (Wildman–Crippen MR) is 49.9 cm³/mol. The van der Waals surface area contributed by atoms with Crippen LogP contribution in [0.3, 0.4) is 0 Å². The second-order valence-corrected chi connectivity index (χ2v) is 5.33. The van der Waals surface area contributed by atoms with Crippen molar-refractivity contribution in [3.63, 3.8) is 0 Å². The molecule has 0 radical (unpaired) electrons.